The van der Waals surface area contributed by atoms with Crippen molar-refractivity contribution in [3.05, 3.63) is 53.3 Å². The smallest absolute Gasteiger partial charge is 0.259 e. The average molecular weight is 242 g/mol. The van der Waals surface area contributed by atoms with Gasteiger partial charge in [0.05, 0.1) is 17.4 Å². The summed E-state index contributed by atoms with van der Waals surface area (Å²) in [6.45, 7) is 3.75. The molecular weight excluding hydrogens is 228 g/mol. The van der Waals surface area contributed by atoms with Crippen LogP contribution in [-0.4, -0.2) is 16.0 Å². The first-order valence-corrected chi connectivity index (χ1v) is 5.59. The van der Waals surface area contributed by atoms with E-state index in [-0.39, 0.29) is 17.2 Å². The molecule has 0 saturated carbocycles. The van der Waals surface area contributed by atoms with E-state index in [1.165, 1.54) is 6.07 Å². The molecule has 0 aliphatic rings. The van der Waals surface area contributed by atoms with Crippen molar-refractivity contribution in [2.24, 2.45) is 0 Å². The molecule has 0 fully saturated rings. The SMILES string of the molecule is Cc1ccc(O)c(C(=O)Nc2cnccc2C)c1. The number of anilines is 1. The third-order valence-electron chi connectivity index (χ3n) is 2.68. The molecule has 2 N–H and O–H groups in total. The van der Waals surface area contributed by atoms with E-state index in [1.54, 1.807) is 24.5 Å². The summed E-state index contributed by atoms with van der Waals surface area (Å²) in [5.74, 6) is -0.369. The number of carbonyl (C=O) groups is 1. The van der Waals surface area contributed by atoms with Crippen LogP contribution in [0.15, 0.2) is 36.7 Å². The lowest BCUT2D eigenvalue weighted by atomic mass is 10.1. The number of nitrogens with one attached hydrogen (secondary N) is 1. The zero-order chi connectivity index (χ0) is 13.1. The van der Waals surface area contributed by atoms with E-state index < -0.39 is 0 Å². The number of hydrogen-bond donors (Lipinski definition) is 2. The molecular formula is C14H14N2O2. The minimum absolute atomic E-state index is 0.0281. The maximum absolute atomic E-state index is 12.0. The van der Waals surface area contributed by atoms with E-state index in [0.29, 0.717) is 5.69 Å². The highest BCUT2D eigenvalue weighted by Gasteiger charge is 2.12. The Labute approximate surface area is 105 Å². The zero-order valence-corrected chi connectivity index (χ0v) is 10.3. The van der Waals surface area contributed by atoms with Crippen LogP contribution in [0.5, 0.6) is 5.75 Å². The second kappa shape index (κ2) is 4.87. The van der Waals surface area contributed by atoms with Gasteiger partial charge in [0, 0.05) is 6.20 Å². The van der Waals surface area contributed by atoms with Gasteiger partial charge in [-0.1, -0.05) is 11.6 Å². The van der Waals surface area contributed by atoms with Crippen LogP contribution in [0.4, 0.5) is 5.69 Å². The molecule has 0 saturated heterocycles. The number of aromatic hydroxyl groups is 1. The van der Waals surface area contributed by atoms with Gasteiger partial charge in [0.25, 0.3) is 5.91 Å². The van der Waals surface area contributed by atoms with Crippen LogP contribution < -0.4 is 5.32 Å². The lowest BCUT2D eigenvalue weighted by Gasteiger charge is -2.09. The fourth-order valence-corrected chi connectivity index (χ4v) is 1.62. The van der Waals surface area contributed by atoms with Crippen LogP contribution in [0.2, 0.25) is 0 Å². The van der Waals surface area contributed by atoms with Gasteiger partial charge in [-0.25, -0.2) is 0 Å². The number of aromatic nitrogens is 1. The molecule has 4 nitrogen and oxygen atoms in total. The third-order valence-corrected chi connectivity index (χ3v) is 2.68. The van der Waals surface area contributed by atoms with Crippen LogP contribution in [-0.2, 0) is 0 Å². The van der Waals surface area contributed by atoms with E-state index in [9.17, 15) is 9.90 Å². The Hall–Kier alpha value is -2.36. The molecule has 0 unspecified atom stereocenters. The molecule has 0 radical (unpaired) electrons. The van der Waals surface area contributed by atoms with E-state index in [2.05, 4.69) is 10.3 Å². The molecule has 2 rings (SSSR count). The zero-order valence-electron chi connectivity index (χ0n) is 10.3. The summed E-state index contributed by atoms with van der Waals surface area (Å²) in [5, 5.41) is 12.4. The number of pyridine rings is 1. The summed E-state index contributed by atoms with van der Waals surface area (Å²) in [6, 6.07) is 6.73. The standard InChI is InChI=1S/C14H14N2O2/c1-9-3-4-13(17)11(7-9)14(18)16-12-8-15-6-5-10(12)2/h3-8,17H,1-2H3,(H,16,18). The van der Waals surface area contributed by atoms with Gasteiger partial charge in [-0.05, 0) is 37.6 Å². The molecule has 1 aromatic heterocycles. The Morgan fingerprint density at radius 3 is 2.78 bits per heavy atom. The first-order chi connectivity index (χ1) is 8.58. The number of phenols is 1. The predicted octanol–water partition coefficient (Wildman–Crippen LogP) is 2.66. The van der Waals surface area contributed by atoms with Crippen molar-refractivity contribution in [2.75, 3.05) is 5.32 Å². The molecule has 0 spiro atoms. The molecule has 1 aromatic carbocycles. The summed E-state index contributed by atoms with van der Waals surface area (Å²) in [4.78, 5) is 16.0. The average Bonchev–Trinajstić information content (AvgIpc) is 2.35. The molecule has 1 heterocycles. The quantitative estimate of drug-likeness (QED) is 0.851. The molecule has 0 bridgehead atoms. The van der Waals surface area contributed by atoms with Crippen molar-refractivity contribution in [3.8, 4) is 5.75 Å². The predicted molar refractivity (Wildman–Crippen MR) is 69.8 cm³/mol. The topological polar surface area (TPSA) is 62.2 Å². The van der Waals surface area contributed by atoms with Crippen molar-refractivity contribution in [2.45, 2.75) is 13.8 Å². The summed E-state index contributed by atoms with van der Waals surface area (Å²) in [6.07, 6.45) is 3.25. The Bertz CT molecular complexity index is 594. The maximum Gasteiger partial charge on any atom is 0.259 e. The Morgan fingerprint density at radius 2 is 2.06 bits per heavy atom. The number of aryl methyl sites for hydroxylation is 2. The van der Waals surface area contributed by atoms with Crippen LogP contribution in [0, 0.1) is 13.8 Å². The Balaban J connectivity index is 2.28. The number of nitrogens with zero attached hydrogens (tertiary/aromatic N) is 1. The number of benzene rings is 1. The molecule has 1 amide bonds. The van der Waals surface area contributed by atoms with E-state index in [4.69, 9.17) is 0 Å². The molecule has 0 atom stereocenters. The Morgan fingerprint density at radius 1 is 1.28 bits per heavy atom. The lowest BCUT2D eigenvalue weighted by molar-refractivity contribution is 0.102. The van der Waals surface area contributed by atoms with Crippen LogP contribution in [0.1, 0.15) is 21.5 Å². The largest absolute Gasteiger partial charge is 0.507 e. The number of carbonyl (C=O) groups excluding carboxylic acids is 1. The normalized spacial score (nSPS) is 10.1. The monoisotopic (exact) mass is 242 g/mol. The second-order valence-corrected chi connectivity index (χ2v) is 4.17. The van der Waals surface area contributed by atoms with Crippen molar-refractivity contribution < 1.29 is 9.90 Å². The van der Waals surface area contributed by atoms with Crippen molar-refractivity contribution >= 4 is 11.6 Å². The van der Waals surface area contributed by atoms with Gasteiger partial charge >= 0.3 is 0 Å². The van der Waals surface area contributed by atoms with Crippen molar-refractivity contribution in [1.82, 2.24) is 4.98 Å². The maximum atomic E-state index is 12.0. The van der Waals surface area contributed by atoms with Gasteiger partial charge < -0.3 is 10.4 Å². The summed E-state index contributed by atoms with van der Waals surface area (Å²) in [5.41, 5.74) is 2.74. The van der Waals surface area contributed by atoms with Gasteiger partial charge in [0.1, 0.15) is 5.75 Å². The van der Waals surface area contributed by atoms with Gasteiger partial charge in [-0.15, -0.1) is 0 Å². The Kier molecular flexibility index (Phi) is 3.28. The molecule has 2 aromatic rings. The van der Waals surface area contributed by atoms with E-state index in [0.717, 1.165) is 11.1 Å². The van der Waals surface area contributed by atoms with E-state index in [1.807, 2.05) is 19.9 Å². The highest BCUT2D eigenvalue weighted by Crippen LogP contribution is 2.20. The first kappa shape index (κ1) is 12.1. The van der Waals surface area contributed by atoms with E-state index >= 15 is 0 Å². The highest BCUT2D eigenvalue weighted by atomic mass is 16.3. The van der Waals surface area contributed by atoms with Crippen LogP contribution in [0.3, 0.4) is 0 Å². The number of phenolic OH excluding ortho intramolecular Hbond substituents is 1. The van der Waals surface area contributed by atoms with Crippen molar-refractivity contribution in [3.63, 3.8) is 0 Å². The fourth-order valence-electron chi connectivity index (χ4n) is 1.62. The lowest BCUT2D eigenvalue weighted by Crippen LogP contribution is -2.13. The molecule has 0 aliphatic heterocycles. The minimum atomic E-state index is -0.340. The molecule has 4 heteroatoms. The summed E-state index contributed by atoms with van der Waals surface area (Å²) in [7, 11) is 0. The van der Waals surface area contributed by atoms with Gasteiger partial charge in [-0.2, -0.15) is 0 Å². The summed E-state index contributed by atoms with van der Waals surface area (Å²) >= 11 is 0. The van der Waals surface area contributed by atoms with Crippen LogP contribution in [0.25, 0.3) is 0 Å². The minimum Gasteiger partial charge on any atom is -0.507 e. The number of hydrogen-bond acceptors (Lipinski definition) is 3. The number of rotatable bonds is 2. The summed E-state index contributed by atoms with van der Waals surface area (Å²) < 4.78 is 0. The molecule has 0 aliphatic carbocycles. The molecule has 18 heavy (non-hydrogen) atoms. The second-order valence-electron chi connectivity index (χ2n) is 4.17. The van der Waals surface area contributed by atoms with Gasteiger partial charge in [0.15, 0.2) is 0 Å². The number of amides is 1. The van der Waals surface area contributed by atoms with Gasteiger partial charge in [-0.3, -0.25) is 9.78 Å². The van der Waals surface area contributed by atoms with Crippen molar-refractivity contribution in [1.29, 1.82) is 0 Å². The highest BCUT2D eigenvalue weighted by molar-refractivity contribution is 6.06. The first-order valence-electron chi connectivity index (χ1n) is 5.59. The fraction of sp³-hybridized carbons (Fsp3) is 0.143. The molecule has 92 valence electrons. The van der Waals surface area contributed by atoms with Crippen LogP contribution >= 0.6 is 0 Å². The third kappa shape index (κ3) is 2.48. The van der Waals surface area contributed by atoms with Gasteiger partial charge in [0.2, 0.25) is 0 Å².